The molecule has 0 radical (unpaired) electrons. The minimum atomic E-state index is -0.323. The van der Waals surface area contributed by atoms with Crippen molar-refractivity contribution in [2.75, 3.05) is 6.54 Å². The van der Waals surface area contributed by atoms with Crippen LogP contribution in [0.2, 0.25) is 0 Å². The molecule has 0 unspecified atom stereocenters. The van der Waals surface area contributed by atoms with Gasteiger partial charge >= 0.3 is 0 Å². The predicted octanol–water partition coefficient (Wildman–Crippen LogP) is 1.13. The van der Waals surface area contributed by atoms with Gasteiger partial charge in [-0.25, -0.2) is 4.68 Å². The topological polar surface area (TPSA) is 76.0 Å². The molecule has 0 aliphatic heterocycles. The van der Waals surface area contributed by atoms with Crippen molar-refractivity contribution >= 4 is 11.8 Å². The lowest BCUT2D eigenvalue weighted by Crippen LogP contribution is -2.39. The van der Waals surface area contributed by atoms with Gasteiger partial charge in [0.15, 0.2) is 0 Å². The lowest BCUT2D eigenvalue weighted by Gasteiger charge is -2.08. The molecule has 110 valence electrons. The standard InChI is InChI=1S/C15H18N4O2/c1-11(2)18-14(20)9-16-15(21)12-8-17-19(10-12)13-6-4-3-5-7-13/h3-8,10-11H,9H2,1-2H3,(H,16,21)(H,18,20). The summed E-state index contributed by atoms with van der Waals surface area (Å²) in [6, 6.07) is 9.54. The second-order valence-electron chi connectivity index (χ2n) is 4.91. The Morgan fingerprint density at radius 3 is 2.62 bits per heavy atom. The van der Waals surface area contributed by atoms with E-state index in [1.54, 1.807) is 10.9 Å². The summed E-state index contributed by atoms with van der Waals surface area (Å²) < 4.78 is 1.61. The molecule has 2 amide bonds. The van der Waals surface area contributed by atoms with Crippen LogP contribution in [0.1, 0.15) is 24.2 Å². The van der Waals surface area contributed by atoms with Crippen LogP contribution in [0.5, 0.6) is 0 Å². The van der Waals surface area contributed by atoms with Crippen LogP contribution in [-0.2, 0) is 4.79 Å². The number of hydrogen-bond donors (Lipinski definition) is 2. The van der Waals surface area contributed by atoms with Crippen molar-refractivity contribution in [3.05, 3.63) is 48.3 Å². The van der Waals surface area contributed by atoms with Crippen LogP contribution >= 0.6 is 0 Å². The van der Waals surface area contributed by atoms with Gasteiger partial charge in [-0.05, 0) is 26.0 Å². The van der Waals surface area contributed by atoms with Gasteiger partial charge in [0.05, 0.1) is 24.0 Å². The second kappa shape index (κ2) is 6.69. The van der Waals surface area contributed by atoms with Crippen LogP contribution in [0.15, 0.2) is 42.7 Å². The van der Waals surface area contributed by atoms with Crippen molar-refractivity contribution < 1.29 is 9.59 Å². The Morgan fingerprint density at radius 1 is 1.24 bits per heavy atom. The number of benzene rings is 1. The highest BCUT2D eigenvalue weighted by molar-refractivity contribution is 5.96. The van der Waals surface area contributed by atoms with Gasteiger partial charge in [0.1, 0.15) is 0 Å². The SMILES string of the molecule is CC(C)NC(=O)CNC(=O)c1cnn(-c2ccccc2)c1. The molecule has 0 atom stereocenters. The lowest BCUT2D eigenvalue weighted by atomic mass is 10.3. The second-order valence-corrected chi connectivity index (χ2v) is 4.91. The molecule has 6 nitrogen and oxygen atoms in total. The fourth-order valence-electron chi connectivity index (χ4n) is 1.80. The van der Waals surface area contributed by atoms with Gasteiger partial charge in [0.25, 0.3) is 5.91 Å². The number of rotatable bonds is 5. The molecule has 0 saturated carbocycles. The smallest absolute Gasteiger partial charge is 0.254 e. The van der Waals surface area contributed by atoms with E-state index in [-0.39, 0.29) is 24.4 Å². The molecule has 2 N–H and O–H groups in total. The largest absolute Gasteiger partial charge is 0.352 e. The zero-order valence-electron chi connectivity index (χ0n) is 12.0. The molecular weight excluding hydrogens is 268 g/mol. The van der Waals surface area contributed by atoms with Gasteiger partial charge < -0.3 is 10.6 Å². The molecule has 0 bridgehead atoms. The Balaban J connectivity index is 1.95. The quantitative estimate of drug-likeness (QED) is 0.865. The zero-order valence-corrected chi connectivity index (χ0v) is 12.0. The highest BCUT2D eigenvalue weighted by atomic mass is 16.2. The molecule has 6 heteroatoms. The van der Waals surface area contributed by atoms with Crippen LogP contribution in [0.3, 0.4) is 0 Å². The fourth-order valence-corrected chi connectivity index (χ4v) is 1.80. The Morgan fingerprint density at radius 2 is 1.95 bits per heavy atom. The first-order chi connectivity index (χ1) is 10.1. The van der Waals surface area contributed by atoms with Crippen LogP contribution in [0.4, 0.5) is 0 Å². The van der Waals surface area contributed by atoms with E-state index < -0.39 is 0 Å². The molecule has 0 spiro atoms. The minimum Gasteiger partial charge on any atom is -0.352 e. The van der Waals surface area contributed by atoms with Crippen LogP contribution in [-0.4, -0.2) is 34.2 Å². The molecule has 1 aromatic heterocycles. The van der Waals surface area contributed by atoms with Crippen LogP contribution in [0.25, 0.3) is 5.69 Å². The summed E-state index contributed by atoms with van der Waals surface area (Å²) in [5.74, 6) is -0.537. The summed E-state index contributed by atoms with van der Waals surface area (Å²) in [7, 11) is 0. The predicted molar refractivity (Wildman–Crippen MR) is 79.2 cm³/mol. The van der Waals surface area contributed by atoms with Gasteiger partial charge in [0, 0.05) is 12.2 Å². The Hall–Kier alpha value is -2.63. The third kappa shape index (κ3) is 4.17. The lowest BCUT2D eigenvalue weighted by molar-refractivity contribution is -0.120. The number of nitrogens with zero attached hydrogens (tertiary/aromatic N) is 2. The molecule has 2 aromatic rings. The average molecular weight is 286 g/mol. The van der Waals surface area contributed by atoms with E-state index in [2.05, 4.69) is 15.7 Å². The van der Waals surface area contributed by atoms with Crippen LogP contribution < -0.4 is 10.6 Å². The molecule has 0 fully saturated rings. The number of aromatic nitrogens is 2. The molecule has 21 heavy (non-hydrogen) atoms. The average Bonchev–Trinajstić information content (AvgIpc) is 2.95. The van der Waals surface area contributed by atoms with Crippen LogP contribution in [0, 0.1) is 0 Å². The van der Waals surface area contributed by atoms with Crippen molar-refractivity contribution in [3.63, 3.8) is 0 Å². The minimum absolute atomic E-state index is 0.0481. The Labute approximate surface area is 123 Å². The highest BCUT2D eigenvalue weighted by Gasteiger charge is 2.11. The fraction of sp³-hybridized carbons (Fsp3) is 0.267. The third-order valence-electron chi connectivity index (χ3n) is 2.72. The molecule has 0 saturated heterocycles. The number of para-hydroxylation sites is 1. The van der Waals surface area contributed by atoms with E-state index in [9.17, 15) is 9.59 Å². The maximum Gasteiger partial charge on any atom is 0.254 e. The first-order valence-corrected chi connectivity index (χ1v) is 6.74. The molecule has 0 aliphatic rings. The van der Waals surface area contributed by atoms with E-state index in [0.29, 0.717) is 5.56 Å². The summed E-state index contributed by atoms with van der Waals surface area (Å²) in [6.07, 6.45) is 3.10. The maximum absolute atomic E-state index is 11.9. The number of nitrogens with one attached hydrogen (secondary N) is 2. The van der Waals surface area contributed by atoms with Crippen molar-refractivity contribution in [2.45, 2.75) is 19.9 Å². The van der Waals surface area contributed by atoms with E-state index in [1.807, 2.05) is 44.2 Å². The maximum atomic E-state index is 11.9. The molecular formula is C15H18N4O2. The van der Waals surface area contributed by atoms with Gasteiger partial charge in [-0.1, -0.05) is 18.2 Å². The summed E-state index contributed by atoms with van der Waals surface area (Å²) in [4.78, 5) is 23.4. The number of carbonyl (C=O) groups excluding carboxylic acids is 2. The molecule has 1 aromatic carbocycles. The number of carbonyl (C=O) groups is 2. The first-order valence-electron chi connectivity index (χ1n) is 6.74. The van der Waals surface area contributed by atoms with Crippen molar-refractivity contribution in [3.8, 4) is 5.69 Å². The van der Waals surface area contributed by atoms with Gasteiger partial charge in [-0.2, -0.15) is 5.10 Å². The van der Waals surface area contributed by atoms with E-state index in [1.165, 1.54) is 6.20 Å². The summed E-state index contributed by atoms with van der Waals surface area (Å²) >= 11 is 0. The molecule has 2 rings (SSSR count). The highest BCUT2D eigenvalue weighted by Crippen LogP contribution is 2.07. The third-order valence-corrected chi connectivity index (χ3v) is 2.72. The van der Waals surface area contributed by atoms with Crippen molar-refractivity contribution in [1.82, 2.24) is 20.4 Å². The van der Waals surface area contributed by atoms with Crippen molar-refractivity contribution in [1.29, 1.82) is 0 Å². The molecule has 1 heterocycles. The Bertz CT molecular complexity index is 620. The first kappa shape index (κ1) is 14.8. The normalized spacial score (nSPS) is 10.4. The van der Waals surface area contributed by atoms with Crippen molar-refractivity contribution in [2.24, 2.45) is 0 Å². The number of hydrogen-bond acceptors (Lipinski definition) is 3. The van der Waals surface area contributed by atoms with Gasteiger partial charge in [-0.3, -0.25) is 9.59 Å². The van der Waals surface area contributed by atoms with E-state index in [0.717, 1.165) is 5.69 Å². The number of amides is 2. The molecule has 0 aliphatic carbocycles. The zero-order chi connectivity index (χ0) is 15.2. The van der Waals surface area contributed by atoms with E-state index in [4.69, 9.17) is 0 Å². The van der Waals surface area contributed by atoms with Gasteiger partial charge in [-0.15, -0.1) is 0 Å². The Kier molecular flexibility index (Phi) is 4.71. The summed E-state index contributed by atoms with van der Waals surface area (Å²) in [6.45, 7) is 3.68. The summed E-state index contributed by atoms with van der Waals surface area (Å²) in [5.41, 5.74) is 1.28. The van der Waals surface area contributed by atoms with E-state index >= 15 is 0 Å². The monoisotopic (exact) mass is 286 g/mol. The van der Waals surface area contributed by atoms with Gasteiger partial charge in [0.2, 0.25) is 5.91 Å². The summed E-state index contributed by atoms with van der Waals surface area (Å²) in [5, 5.41) is 9.41.